The second-order valence-electron chi connectivity index (χ2n) is 7.10. The first kappa shape index (κ1) is 19.0. The summed E-state index contributed by atoms with van der Waals surface area (Å²) in [7, 11) is 0. The molecule has 1 aromatic rings. The maximum Gasteiger partial charge on any atom is 0.410 e. The molecule has 0 radical (unpaired) electrons. The van der Waals surface area contributed by atoms with E-state index in [2.05, 4.69) is 0 Å². The molecular weight excluding hydrogens is 318 g/mol. The highest BCUT2D eigenvalue weighted by atomic mass is 16.6. The smallest absolute Gasteiger partial charge is 0.410 e. The molecule has 0 saturated carbocycles. The number of amides is 1. The molecular formula is C20H27NO4. The summed E-state index contributed by atoms with van der Waals surface area (Å²) in [4.78, 5) is 25.7. The van der Waals surface area contributed by atoms with Crippen molar-refractivity contribution in [2.45, 2.75) is 52.7 Å². The monoisotopic (exact) mass is 345 g/mol. The molecule has 5 nitrogen and oxygen atoms in total. The van der Waals surface area contributed by atoms with Crippen LogP contribution in [0.1, 0.15) is 57.4 Å². The summed E-state index contributed by atoms with van der Waals surface area (Å²) in [6, 6.07) is 5.87. The minimum atomic E-state index is -0.513. The molecule has 0 fully saturated rings. The molecule has 136 valence electrons. The Labute approximate surface area is 149 Å². The fourth-order valence-corrected chi connectivity index (χ4v) is 2.97. The molecule has 1 amide bonds. The van der Waals surface area contributed by atoms with Gasteiger partial charge in [0.1, 0.15) is 5.60 Å². The van der Waals surface area contributed by atoms with Crippen molar-refractivity contribution in [3.05, 3.63) is 41.0 Å². The Bertz CT molecular complexity index is 673. The van der Waals surface area contributed by atoms with Gasteiger partial charge in [-0.2, -0.15) is 0 Å². The molecule has 1 unspecified atom stereocenters. The summed E-state index contributed by atoms with van der Waals surface area (Å²) >= 11 is 0. The largest absolute Gasteiger partial charge is 0.463 e. The Morgan fingerprint density at radius 3 is 2.68 bits per heavy atom. The molecule has 2 rings (SSSR count). The second kappa shape index (κ2) is 7.72. The Hall–Kier alpha value is -2.30. The first-order valence-electron chi connectivity index (χ1n) is 8.69. The minimum Gasteiger partial charge on any atom is -0.463 e. The van der Waals surface area contributed by atoms with Crippen LogP contribution in [-0.2, 0) is 20.7 Å². The Kier molecular flexibility index (Phi) is 5.88. The minimum absolute atomic E-state index is 0.0745. The third-order valence-electron chi connectivity index (χ3n) is 4.08. The van der Waals surface area contributed by atoms with Crippen LogP contribution in [0.2, 0.25) is 0 Å². The quantitative estimate of drug-likeness (QED) is 0.611. The van der Waals surface area contributed by atoms with Gasteiger partial charge in [0.25, 0.3) is 0 Å². The number of benzene rings is 1. The second-order valence-corrected chi connectivity index (χ2v) is 7.10. The van der Waals surface area contributed by atoms with Gasteiger partial charge < -0.3 is 14.4 Å². The standard InChI is InChI=1S/C20H27NO4/c1-6-24-18(22)11-10-15-8-7-9-16-14(2)21(13-12-17(15)16)19(23)25-20(3,4)5/h7-11,14H,6,12-13H2,1-5H3/b11-10+. The van der Waals surface area contributed by atoms with Crippen molar-refractivity contribution in [3.63, 3.8) is 0 Å². The van der Waals surface area contributed by atoms with E-state index in [9.17, 15) is 9.59 Å². The topological polar surface area (TPSA) is 55.8 Å². The van der Waals surface area contributed by atoms with Crippen molar-refractivity contribution in [2.75, 3.05) is 13.2 Å². The molecule has 0 saturated heterocycles. The van der Waals surface area contributed by atoms with E-state index in [1.54, 1.807) is 17.9 Å². The summed E-state index contributed by atoms with van der Waals surface area (Å²) < 4.78 is 10.4. The van der Waals surface area contributed by atoms with E-state index in [-0.39, 0.29) is 18.1 Å². The number of hydrogen-bond acceptors (Lipinski definition) is 4. The maximum atomic E-state index is 12.4. The van der Waals surface area contributed by atoms with E-state index < -0.39 is 5.60 Å². The van der Waals surface area contributed by atoms with Crippen molar-refractivity contribution in [2.24, 2.45) is 0 Å². The zero-order chi connectivity index (χ0) is 18.6. The van der Waals surface area contributed by atoms with Crippen LogP contribution in [0, 0.1) is 0 Å². The van der Waals surface area contributed by atoms with Gasteiger partial charge in [0.05, 0.1) is 12.6 Å². The molecule has 0 bridgehead atoms. The number of hydrogen-bond donors (Lipinski definition) is 0. The lowest BCUT2D eigenvalue weighted by atomic mass is 9.90. The molecule has 1 aromatic carbocycles. The van der Waals surface area contributed by atoms with Gasteiger partial charge in [0.2, 0.25) is 0 Å². The van der Waals surface area contributed by atoms with E-state index in [0.29, 0.717) is 13.2 Å². The summed E-state index contributed by atoms with van der Waals surface area (Å²) in [6.07, 6.45) is 3.66. The van der Waals surface area contributed by atoms with Crippen LogP contribution in [0.25, 0.3) is 6.08 Å². The number of fused-ring (bicyclic) bond motifs is 1. The molecule has 25 heavy (non-hydrogen) atoms. The predicted octanol–water partition coefficient (Wildman–Crippen LogP) is 4.12. The molecule has 1 aliphatic heterocycles. The molecule has 5 heteroatoms. The molecule has 0 N–H and O–H groups in total. The molecule has 0 spiro atoms. The lowest BCUT2D eigenvalue weighted by Crippen LogP contribution is -2.42. The van der Waals surface area contributed by atoms with Gasteiger partial charge >= 0.3 is 12.1 Å². The Morgan fingerprint density at radius 2 is 2.04 bits per heavy atom. The van der Waals surface area contributed by atoms with Crippen molar-refractivity contribution >= 4 is 18.1 Å². The average Bonchev–Trinajstić information content (AvgIpc) is 2.52. The summed E-state index contributed by atoms with van der Waals surface area (Å²) in [5, 5.41) is 0. The summed E-state index contributed by atoms with van der Waals surface area (Å²) in [6.45, 7) is 10.3. The fourth-order valence-electron chi connectivity index (χ4n) is 2.97. The number of esters is 1. The fraction of sp³-hybridized carbons (Fsp3) is 0.500. The highest BCUT2D eigenvalue weighted by Gasteiger charge is 2.31. The van der Waals surface area contributed by atoms with Crippen molar-refractivity contribution in [1.29, 1.82) is 0 Å². The zero-order valence-electron chi connectivity index (χ0n) is 15.7. The molecule has 1 heterocycles. The Balaban J connectivity index is 2.22. The van der Waals surface area contributed by atoms with E-state index in [1.807, 2.05) is 45.9 Å². The number of carbonyl (C=O) groups excluding carboxylic acids is 2. The van der Waals surface area contributed by atoms with Crippen LogP contribution < -0.4 is 0 Å². The lowest BCUT2D eigenvalue weighted by Gasteiger charge is -2.36. The first-order chi connectivity index (χ1) is 11.7. The van der Waals surface area contributed by atoms with E-state index in [4.69, 9.17) is 9.47 Å². The number of ether oxygens (including phenoxy) is 2. The number of carbonyl (C=O) groups is 2. The van der Waals surface area contributed by atoms with Gasteiger partial charge in [-0.25, -0.2) is 9.59 Å². The van der Waals surface area contributed by atoms with Crippen molar-refractivity contribution in [1.82, 2.24) is 4.90 Å². The molecule has 0 aliphatic carbocycles. The van der Waals surface area contributed by atoms with E-state index >= 15 is 0 Å². The maximum absolute atomic E-state index is 12.4. The van der Waals surface area contributed by atoms with Gasteiger partial charge in [0, 0.05) is 12.6 Å². The van der Waals surface area contributed by atoms with Crippen LogP contribution in [0.15, 0.2) is 24.3 Å². The highest BCUT2D eigenvalue weighted by Crippen LogP contribution is 2.33. The van der Waals surface area contributed by atoms with E-state index in [0.717, 1.165) is 23.1 Å². The molecule has 0 aromatic heterocycles. The van der Waals surface area contributed by atoms with Gasteiger partial charge in [-0.15, -0.1) is 0 Å². The highest BCUT2D eigenvalue weighted by molar-refractivity contribution is 5.87. The van der Waals surface area contributed by atoms with Crippen LogP contribution in [0.5, 0.6) is 0 Å². The van der Waals surface area contributed by atoms with Crippen LogP contribution in [-0.4, -0.2) is 35.7 Å². The summed E-state index contributed by atoms with van der Waals surface area (Å²) in [5.41, 5.74) is 2.72. The van der Waals surface area contributed by atoms with Gasteiger partial charge in [-0.1, -0.05) is 18.2 Å². The van der Waals surface area contributed by atoms with Crippen LogP contribution in [0.3, 0.4) is 0 Å². The van der Waals surface area contributed by atoms with Gasteiger partial charge in [-0.05, 0) is 63.8 Å². The lowest BCUT2D eigenvalue weighted by molar-refractivity contribution is -0.137. The SMILES string of the molecule is CCOC(=O)/C=C/c1cccc2c1CCN(C(=O)OC(C)(C)C)C2C. The predicted molar refractivity (Wildman–Crippen MR) is 97.2 cm³/mol. The third-order valence-corrected chi connectivity index (χ3v) is 4.08. The average molecular weight is 345 g/mol. The van der Waals surface area contributed by atoms with Crippen molar-refractivity contribution < 1.29 is 19.1 Å². The molecule has 1 atom stereocenters. The van der Waals surface area contributed by atoms with Crippen LogP contribution in [0.4, 0.5) is 4.79 Å². The zero-order valence-corrected chi connectivity index (χ0v) is 15.7. The van der Waals surface area contributed by atoms with Crippen LogP contribution >= 0.6 is 0 Å². The number of rotatable bonds is 3. The number of nitrogens with zero attached hydrogens (tertiary/aromatic N) is 1. The van der Waals surface area contributed by atoms with Gasteiger partial charge in [0.15, 0.2) is 0 Å². The normalized spacial score (nSPS) is 17.3. The van der Waals surface area contributed by atoms with Gasteiger partial charge in [-0.3, -0.25) is 0 Å². The first-order valence-corrected chi connectivity index (χ1v) is 8.69. The summed E-state index contributed by atoms with van der Waals surface area (Å²) in [5.74, 6) is -0.348. The Morgan fingerprint density at radius 1 is 1.32 bits per heavy atom. The van der Waals surface area contributed by atoms with E-state index in [1.165, 1.54) is 6.08 Å². The van der Waals surface area contributed by atoms with Crippen molar-refractivity contribution in [3.8, 4) is 0 Å². The third kappa shape index (κ3) is 4.84. The molecule has 1 aliphatic rings.